The van der Waals surface area contributed by atoms with E-state index >= 15 is 0 Å². The highest BCUT2D eigenvalue weighted by Crippen LogP contribution is 2.34. The molecule has 6 heteroatoms. The number of halogens is 1. The number of likely N-dealkylation sites (tertiary alicyclic amines) is 1. The van der Waals surface area contributed by atoms with Crippen molar-refractivity contribution in [3.63, 3.8) is 0 Å². The largest absolute Gasteiger partial charge is 0.469 e. The van der Waals surface area contributed by atoms with Crippen LogP contribution in [0.15, 0.2) is 28.7 Å². The minimum atomic E-state index is -0.562. The van der Waals surface area contributed by atoms with Crippen molar-refractivity contribution in [2.24, 2.45) is 5.92 Å². The summed E-state index contributed by atoms with van der Waals surface area (Å²) >= 11 is 3.40. The van der Waals surface area contributed by atoms with E-state index < -0.39 is 11.7 Å². The van der Waals surface area contributed by atoms with E-state index in [0.29, 0.717) is 13.1 Å². The first-order chi connectivity index (χ1) is 10.7. The predicted molar refractivity (Wildman–Crippen MR) is 90.2 cm³/mol. The summed E-state index contributed by atoms with van der Waals surface area (Å²) in [5.41, 5.74) is 0.447. The lowest BCUT2D eigenvalue weighted by atomic mass is 9.89. The molecule has 1 aliphatic rings. The molecule has 0 radical (unpaired) electrons. The highest BCUT2D eigenvalue weighted by Gasteiger charge is 2.42. The Morgan fingerprint density at radius 1 is 1.17 bits per heavy atom. The molecule has 1 aromatic carbocycles. The highest BCUT2D eigenvalue weighted by atomic mass is 79.9. The van der Waals surface area contributed by atoms with Crippen molar-refractivity contribution in [3.05, 3.63) is 34.3 Å². The third-order valence-electron chi connectivity index (χ3n) is 3.77. The third kappa shape index (κ3) is 4.47. The summed E-state index contributed by atoms with van der Waals surface area (Å²) in [5.74, 6) is -0.777. The van der Waals surface area contributed by atoms with Crippen LogP contribution in [0.1, 0.15) is 32.3 Å². The first-order valence-electron chi connectivity index (χ1n) is 7.52. The molecule has 1 heterocycles. The van der Waals surface area contributed by atoms with Crippen molar-refractivity contribution in [3.8, 4) is 0 Å². The Morgan fingerprint density at radius 2 is 1.78 bits per heavy atom. The van der Waals surface area contributed by atoms with Gasteiger partial charge in [-0.1, -0.05) is 28.1 Å². The molecule has 0 aliphatic carbocycles. The van der Waals surface area contributed by atoms with E-state index in [9.17, 15) is 9.59 Å². The summed E-state index contributed by atoms with van der Waals surface area (Å²) in [6, 6.07) is 7.78. The molecule has 23 heavy (non-hydrogen) atoms. The minimum Gasteiger partial charge on any atom is -0.469 e. The standard InChI is InChI=1S/C17H22BrNO4/c1-17(2,3)23-16(21)19-9-13(14(10-19)15(20)22-4)11-5-7-12(18)8-6-11/h5-8,13-14H,9-10H2,1-4H3/t13-,14+/m0/s1. The third-order valence-corrected chi connectivity index (χ3v) is 4.30. The first-order valence-corrected chi connectivity index (χ1v) is 8.32. The molecule has 0 saturated carbocycles. The molecule has 2 rings (SSSR count). The monoisotopic (exact) mass is 383 g/mol. The van der Waals surface area contributed by atoms with Gasteiger partial charge < -0.3 is 14.4 Å². The molecule has 0 spiro atoms. The van der Waals surface area contributed by atoms with Crippen LogP contribution < -0.4 is 0 Å². The number of amides is 1. The van der Waals surface area contributed by atoms with Gasteiger partial charge in [0, 0.05) is 23.5 Å². The second-order valence-corrected chi connectivity index (χ2v) is 7.59. The van der Waals surface area contributed by atoms with Crippen LogP contribution in [0.3, 0.4) is 0 Å². The maximum atomic E-state index is 12.3. The quantitative estimate of drug-likeness (QED) is 0.732. The Labute approximate surface area is 145 Å². The number of nitrogens with zero attached hydrogens (tertiary/aromatic N) is 1. The molecule has 0 unspecified atom stereocenters. The number of methoxy groups -OCH3 is 1. The van der Waals surface area contributed by atoms with Crippen LogP contribution in [0.25, 0.3) is 0 Å². The molecule has 1 fully saturated rings. The smallest absolute Gasteiger partial charge is 0.410 e. The van der Waals surface area contributed by atoms with Gasteiger partial charge in [0.2, 0.25) is 0 Å². The van der Waals surface area contributed by atoms with Crippen molar-refractivity contribution < 1.29 is 19.1 Å². The van der Waals surface area contributed by atoms with Crippen LogP contribution in [0.4, 0.5) is 4.79 Å². The van der Waals surface area contributed by atoms with Gasteiger partial charge in [-0.15, -0.1) is 0 Å². The Morgan fingerprint density at radius 3 is 2.30 bits per heavy atom. The Hall–Kier alpha value is -1.56. The van der Waals surface area contributed by atoms with Gasteiger partial charge >= 0.3 is 12.1 Å². The number of ether oxygens (including phenoxy) is 2. The number of carbonyl (C=O) groups excluding carboxylic acids is 2. The summed E-state index contributed by atoms with van der Waals surface area (Å²) in [4.78, 5) is 26.0. The molecular formula is C17H22BrNO4. The van der Waals surface area contributed by atoms with Crippen LogP contribution in [0, 0.1) is 5.92 Å². The number of rotatable bonds is 2. The van der Waals surface area contributed by atoms with E-state index in [1.54, 1.807) is 4.90 Å². The average molecular weight is 384 g/mol. The Kier molecular flexibility index (Phi) is 5.34. The molecule has 0 aromatic heterocycles. The van der Waals surface area contributed by atoms with Gasteiger partial charge in [0.15, 0.2) is 0 Å². The number of esters is 1. The maximum absolute atomic E-state index is 12.3. The van der Waals surface area contributed by atoms with Gasteiger partial charge in [0.25, 0.3) is 0 Å². The number of hydrogen-bond acceptors (Lipinski definition) is 4. The molecule has 1 aromatic rings. The van der Waals surface area contributed by atoms with Gasteiger partial charge in [-0.25, -0.2) is 4.79 Å². The summed E-state index contributed by atoms with van der Waals surface area (Å²) in [7, 11) is 1.37. The lowest BCUT2D eigenvalue weighted by Gasteiger charge is -2.24. The second-order valence-electron chi connectivity index (χ2n) is 6.67. The van der Waals surface area contributed by atoms with Crippen molar-refractivity contribution in [1.29, 1.82) is 0 Å². The van der Waals surface area contributed by atoms with E-state index in [0.717, 1.165) is 10.0 Å². The van der Waals surface area contributed by atoms with Gasteiger partial charge in [-0.05, 0) is 38.5 Å². The number of carbonyl (C=O) groups is 2. The fourth-order valence-corrected chi connectivity index (χ4v) is 2.98. The minimum absolute atomic E-state index is 0.0944. The lowest BCUT2D eigenvalue weighted by molar-refractivity contribution is -0.145. The van der Waals surface area contributed by atoms with Crippen LogP contribution in [-0.4, -0.2) is 42.8 Å². The Balaban J connectivity index is 2.20. The van der Waals surface area contributed by atoms with Crippen molar-refractivity contribution in [1.82, 2.24) is 4.90 Å². The molecule has 0 bridgehead atoms. The van der Waals surface area contributed by atoms with Gasteiger partial charge in [0.05, 0.1) is 13.0 Å². The van der Waals surface area contributed by atoms with Crippen molar-refractivity contribution in [2.45, 2.75) is 32.3 Å². The van der Waals surface area contributed by atoms with E-state index in [4.69, 9.17) is 9.47 Å². The molecular weight excluding hydrogens is 362 g/mol. The summed E-state index contributed by atoms with van der Waals surface area (Å²) < 4.78 is 11.3. The SMILES string of the molecule is COC(=O)[C@@H]1CN(C(=O)OC(C)(C)C)C[C@H]1c1ccc(Br)cc1. The predicted octanol–water partition coefficient (Wildman–Crippen LogP) is 3.57. The molecule has 1 aliphatic heterocycles. The van der Waals surface area contributed by atoms with Crippen LogP contribution in [-0.2, 0) is 14.3 Å². The van der Waals surface area contributed by atoms with Crippen molar-refractivity contribution in [2.75, 3.05) is 20.2 Å². The molecule has 126 valence electrons. The zero-order chi connectivity index (χ0) is 17.2. The van der Waals surface area contributed by atoms with E-state index in [-0.39, 0.29) is 17.8 Å². The first kappa shape index (κ1) is 17.8. The summed E-state index contributed by atoms with van der Waals surface area (Å²) in [6.07, 6.45) is -0.397. The van der Waals surface area contributed by atoms with Crippen LogP contribution in [0.5, 0.6) is 0 Å². The van der Waals surface area contributed by atoms with Crippen LogP contribution in [0.2, 0.25) is 0 Å². The lowest BCUT2D eigenvalue weighted by Crippen LogP contribution is -2.36. The fourth-order valence-electron chi connectivity index (χ4n) is 2.72. The number of benzene rings is 1. The maximum Gasteiger partial charge on any atom is 0.410 e. The normalized spacial score (nSPS) is 21.2. The number of hydrogen-bond donors (Lipinski definition) is 0. The van der Waals surface area contributed by atoms with Gasteiger partial charge in [-0.2, -0.15) is 0 Å². The molecule has 1 saturated heterocycles. The second kappa shape index (κ2) is 6.91. The average Bonchev–Trinajstić information content (AvgIpc) is 2.91. The topological polar surface area (TPSA) is 55.8 Å². The summed E-state index contributed by atoms with van der Waals surface area (Å²) in [6.45, 7) is 6.22. The van der Waals surface area contributed by atoms with Crippen molar-refractivity contribution >= 4 is 28.0 Å². The highest BCUT2D eigenvalue weighted by molar-refractivity contribution is 9.10. The van der Waals surface area contributed by atoms with Gasteiger partial charge in [0.1, 0.15) is 5.60 Å². The van der Waals surface area contributed by atoms with Crippen LogP contribution >= 0.6 is 15.9 Å². The van der Waals surface area contributed by atoms with E-state index in [2.05, 4.69) is 15.9 Å². The molecule has 5 nitrogen and oxygen atoms in total. The molecule has 1 amide bonds. The van der Waals surface area contributed by atoms with Gasteiger partial charge in [-0.3, -0.25) is 4.79 Å². The van der Waals surface area contributed by atoms with E-state index in [1.807, 2.05) is 45.0 Å². The molecule has 2 atom stereocenters. The van der Waals surface area contributed by atoms with E-state index in [1.165, 1.54) is 7.11 Å². The Bertz CT molecular complexity index is 579. The summed E-state index contributed by atoms with van der Waals surface area (Å²) in [5, 5.41) is 0. The zero-order valence-corrected chi connectivity index (χ0v) is 15.4. The molecule has 0 N–H and O–H groups in total. The fraction of sp³-hybridized carbons (Fsp3) is 0.529. The zero-order valence-electron chi connectivity index (χ0n) is 13.8.